The van der Waals surface area contributed by atoms with E-state index in [0.29, 0.717) is 17.6 Å². The molecular formula is C19H26O2. The zero-order valence-corrected chi connectivity index (χ0v) is 13.2. The van der Waals surface area contributed by atoms with Crippen LogP contribution >= 0.6 is 0 Å². The molecule has 1 N–H and O–H groups in total. The minimum Gasteiger partial charge on any atom is -0.508 e. The quantitative estimate of drug-likeness (QED) is 0.844. The van der Waals surface area contributed by atoms with Gasteiger partial charge in [0.2, 0.25) is 0 Å². The van der Waals surface area contributed by atoms with Gasteiger partial charge in [0, 0.05) is 11.1 Å². The first-order valence-corrected chi connectivity index (χ1v) is 8.69. The summed E-state index contributed by atoms with van der Waals surface area (Å²) in [5.74, 6) is 2.92. The molecule has 0 spiro atoms. The van der Waals surface area contributed by atoms with Gasteiger partial charge in [-0.25, -0.2) is 0 Å². The van der Waals surface area contributed by atoms with Gasteiger partial charge in [0.25, 0.3) is 0 Å². The van der Waals surface area contributed by atoms with Gasteiger partial charge in [-0.15, -0.1) is 0 Å². The van der Waals surface area contributed by atoms with E-state index in [1.54, 1.807) is 0 Å². The van der Waals surface area contributed by atoms with Crippen LogP contribution in [0.4, 0.5) is 0 Å². The van der Waals surface area contributed by atoms with E-state index in [1.165, 1.54) is 48.8 Å². The smallest absolute Gasteiger partial charge is 0.127 e. The van der Waals surface area contributed by atoms with Crippen LogP contribution in [0.2, 0.25) is 0 Å². The van der Waals surface area contributed by atoms with Gasteiger partial charge in [-0.3, -0.25) is 0 Å². The Morgan fingerprint density at radius 1 is 1.29 bits per heavy atom. The molecule has 1 aliphatic heterocycles. The van der Waals surface area contributed by atoms with E-state index in [0.717, 1.165) is 25.0 Å². The van der Waals surface area contributed by atoms with Crippen LogP contribution < -0.4 is 4.74 Å². The number of phenolic OH excluding ortho intramolecular Hbond substituents is 1. The summed E-state index contributed by atoms with van der Waals surface area (Å²) in [6.07, 6.45) is 9.49. The monoisotopic (exact) mass is 286 g/mol. The first kappa shape index (κ1) is 13.5. The molecule has 2 nitrogen and oxygen atoms in total. The third-order valence-corrected chi connectivity index (χ3v) is 5.99. The second-order valence-corrected chi connectivity index (χ2v) is 7.57. The highest BCUT2D eigenvalue weighted by Gasteiger charge is 2.44. The number of rotatable bonds is 3. The molecule has 3 aliphatic rings. The first-order chi connectivity index (χ1) is 10.1. The molecule has 0 unspecified atom stereocenters. The van der Waals surface area contributed by atoms with Gasteiger partial charge in [0.05, 0.1) is 0 Å². The van der Waals surface area contributed by atoms with E-state index in [1.807, 2.05) is 6.07 Å². The van der Waals surface area contributed by atoms with E-state index in [4.69, 9.17) is 4.74 Å². The highest BCUT2D eigenvalue weighted by Crippen LogP contribution is 2.60. The average molecular weight is 286 g/mol. The number of aryl methyl sites for hydroxylation is 1. The average Bonchev–Trinajstić information content (AvgIpc) is 3.08. The van der Waals surface area contributed by atoms with Gasteiger partial charge in [0.15, 0.2) is 0 Å². The molecule has 1 aromatic carbocycles. The van der Waals surface area contributed by atoms with E-state index >= 15 is 0 Å². The van der Waals surface area contributed by atoms with Gasteiger partial charge in [-0.2, -0.15) is 0 Å². The molecule has 21 heavy (non-hydrogen) atoms. The molecule has 1 aromatic rings. The maximum atomic E-state index is 10.4. The summed E-state index contributed by atoms with van der Waals surface area (Å²) in [5, 5.41) is 10.4. The van der Waals surface area contributed by atoms with Crippen molar-refractivity contribution in [1.82, 2.24) is 0 Å². The lowest BCUT2D eigenvalue weighted by Crippen LogP contribution is -2.37. The van der Waals surface area contributed by atoms with Crippen molar-refractivity contribution in [3.05, 3.63) is 22.8 Å². The van der Waals surface area contributed by atoms with Crippen LogP contribution in [0.15, 0.2) is 6.07 Å². The first-order valence-electron chi connectivity index (χ1n) is 8.69. The molecule has 1 saturated carbocycles. The topological polar surface area (TPSA) is 29.5 Å². The van der Waals surface area contributed by atoms with Gasteiger partial charge in [0.1, 0.15) is 17.1 Å². The molecule has 2 bridgehead atoms. The van der Waals surface area contributed by atoms with Crippen LogP contribution in [-0.4, -0.2) is 10.7 Å². The Balaban J connectivity index is 1.75. The number of phenols is 1. The maximum absolute atomic E-state index is 10.4. The van der Waals surface area contributed by atoms with E-state index in [2.05, 4.69) is 13.8 Å². The Morgan fingerprint density at radius 3 is 2.81 bits per heavy atom. The molecule has 3 atom stereocenters. The highest BCUT2D eigenvalue weighted by molar-refractivity contribution is 5.60. The number of unbranched alkanes of at least 4 members (excludes halogenated alkanes) is 1. The van der Waals surface area contributed by atoms with Crippen LogP contribution in [0.5, 0.6) is 11.5 Å². The number of hydrogen-bond acceptors (Lipinski definition) is 2. The van der Waals surface area contributed by atoms with Crippen molar-refractivity contribution in [3.63, 3.8) is 0 Å². The van der Waals surface area contributed by atoms with Crippen LogP contribution in [0.3, 0.4) is 0 Å². The van der Waals surface area contributed by atoms with Crippen LogP contribution in [0.1, 0.15) is 87.3 Å². The second kappa shape index (κ2) is 4.66. The minimum atomic E-state index is -0.00438. The van der Waals surface area contributed by atoms with E-state index in [-0.39, 0.29) is 5.60 Å². The summed E-state index contributed by atoms with van der Waals surface area (Å²) < 4.78 is 6.56. The van der Waals surface area contributed by atoms with Crippen molar-refractivity contribution in [2.45, 2.75) is 82.7 Å². The Labute approximate surface area is 127 Å². The summed E-state index contributed by atoms with van der Waals surface area (Å²) in [5.41, 5.74) is 3.84. The molecule has 2 heteroatoms. The van der Waals surface area contributed by atoms with Crippen LogP contribution in [0, 0.1) is 0 Å². The molecule has 0 saturated heterocycles. The molecule has 2 aliphatic carbocycles. The molecular weight excluding hydrogens is 260 g/mol. The summed E-state index contributed by atoms with van der Waals surface area (Å²) in [4.78, 5) is 0. The largest absolute Gasteiger partial charge is 0.508 e. The van der Waals surface area contributed by atoms with Crippen molar-refractivity contribution in [2.75, 3.05) is 0 Å². The predicted molar refractivity (Wildman–Crippen MR) is 84.3 cm³/mol. The summed E-state index contributed by atoms with van der Waals surface area (Å²) >= 11 is 0. The van der Waals surface area contributed by atoms with Gasteiger partial charge >= 0.3 is 0 Å². The number of hydrogen-bond donors (Lipinski definition) is 1. The SMILES string of the molecule is CCCC[C@@]1(C)CCc2cc(O)c3c(c2O1)[C@@H]1CC[C@H]3C1. The standard InChI is InChI=1S/C19H26O2/c1-3-4-8-19(2)9-7-14-11-15(20)16-12-5-6-13(10-12)17(16)18(14)21-19/h11-13,20H,3-10H2,1-2H3/t12-,13+,19-/m0/s1. The zero-order valence-electron chi connectivity index (χ0n) is 13.2. The Kier molecular flexibility index (Phi) is 2.99. The summed E-state index contributed by atoms with van der Waals surface area (Å²) in [7, 11) is 0. The molecule has 0 radical (unpaired) electrons. The van der Waals surface area contributed by atoms with Crippen molar-refractivity contribution in [3.8, 4) is 11.5 Å². The van der Waals surface area contributed by atoms with Crippen molar-refractivity contribution < 1.29 is 9.84 Å². The fourth-order valence-corrected chi connectivity index (χ4v) is 4.81. The third kappa shape index (κ3) is 1.98. The predicted octanol–water partition coefficient (Wildman–Crippen LogP) is 5.03. The van der Waals surface area contributed by atoms with Gasteiger partial charge < -0.3 is 9.84 Å². The van der Waals surface area contributed by atoms with Crippen LogP contribution in [-0.2, 0) is 6.42 Å². The van der Waals surface area contributed by atoms with Crippen LogP contribution in [0.25, 0.3) is 0 Å². The number of fused-ring (bicyclic) bond motifs is 7. The van der Waals surface area contributed by atoms with Gasteiger partial charge in [-0.05, 0) is 75.3 Å². The van der Waals surface area contributed by atoms with Gasteiger partial charge in [-0.1, -0.05) is 13.3 Å². The number of benzene rings is 1. The maximum Gasteiger partial charge on any atom is 0.127 e. The van der Waals surface area contributed by atoms with Crippen molar-refractivity contribution in [1.29, 1.82) is 0 Å². The fourth-order valence-electron chi connectivity index (χ4n) is 4.81. The Hall–Kier alpha value is -1.18. The second-order valence-electron chi connectivity index (χ2n) is 7.57. The molecule has 1 fully saturated rings. The Morgan fingerprint density at radius 2 is 2.05 bits per heavy atom. The Bertz CT molecular complexity index is 577. The zero-order chi connectivity index (χ0) is 14.6. The molecule has 4 rings (SSSR count). The molecule has 114 valence electrons. The molecule has 1 heterocycles. The lowest BCUT2D eigenvalue weighted by Gasteiger charge is -2.38. The summed E-state index contributed by atoms with van der Waals surface area (Å²) in [6.45, 7) is 4.52. The summed E-state index contributed by atoms with van der Waals surface area (Å²) in [6, 6.07) is 1.99. The van der Waals surface area contributed by atoms with Crippen molar-refractivity contribution in [2.24, 2.45) is 0 Å². The third-order valence-electron chi connectivity index (χ3n) is 5.99. The fraction of sp³-hybridized carbons (Fsp3) is 0.684. The van der Waals surface area contributed by atoms with E-state index < -0.39 is 0 Å². The van der Waals surface area contributed by atoms with E-state index in [9.17, 15) is 5.11 Å². The normalized spacial score (nSPS) is 32.7. The minimum absolute atomic E-state index is 0.00438. The molecule has 0 amide bonds. The number of ether oxygens (including phenoxy) is 1. The van der Waals surface area contributed by atoms with Crippen molar-refractivity contribution >= 4 is 0 Å². The lowest BCUT2D eigenvalue weighted by molar-refractivity contribution is 0.0522. The molecule has 0 aromatic heterocycles. The lowest BCUT2D eigenvalue weighted by atomic mass is 9.83. The highest BCUT2D eigenvalue weighted by atomic mass is 16.5. The number of aromatic hydroxyl groups is 1.